The van der Waals surface area contributed by atoms with Crippen molar-refractivity contribution in [1.29, 1.82) is 0 Å². The summed E-state index contributed by atoms with van der Waals surface area (Å²) in [5.74, 6) is -1.22. The molecule has 0 aliphatic carbocycles. The summed E-state index contributed by atoms with van der Waals surface area (Å²) in [6, 6.07) is 17.0. The number of carbonyl (C=O) groups is 2. The molecule has 0 radical (unpaired) electrons. The molecule has 0 aliphatic rings. The predicted octanol–water partition coefficient (Wildman–Crippen LogP) is 1.34. The lowest BCUT2D eigenvalue weighted by molar-refractivity contribution is 0.0989. The van der Waals surface area contributed by atoms with Crippen molar-refractivity contribution in [2.24, 2.45) is 22.2 Å². The van der Waals surface area contributed by atoms with Gasteiger partial charge in [-0.25, -0.2) is 4.98 Å². The largest absolute Gasteiger partial charge is 0.370 e. The number of aromatic nitrogens is 2. The summed E-state index contributed by atoms with van der Waals surface area (Å²) >= 11 is 0. The van der Waals surface area contributed by atoms with Gasteiger partial charge in [-0.3, -0.25) is 14.6 Å². The van der Waals surface area contributed by atoms with Crippen molar-refractivity contribution < 1.29 is 9.59 Å². The van der Waals surface area contributed by atoms with Crippen molar-refractivity contribution in [1.82, 2.24) is 9.97 Å². The highest BCUT2D eigenvalue weighted by Crippen LogP contribution is 2.19. The third-order valence-corrected chi connectivity index (χ3v) is 3.29. The quantitative estimate of drug-likeness (QED) is 0.472. The van der Waals surface area contributed by atoms with Gasteiger partial charge >= 0.3 is 0 Å². The minimum atomic E-state index is -0.553. The first-order valence-electron chi connectivity index (χ1n) is 7.82. The third-order valence-electron chi connectivity index (χ3n) is 3.29. The number of aliphatic imine (C=N–C) groups is 1. The zero-order valence-corrected chi connectivity index (χ0v) is 14.3. The van der Waals surface area contributed by atoms with Gasteiger partial charge in [0.2, 0.25) is 0 Å². The Hall–Kier alpha value is -4.07. The predicted molar refractivity (Wildman–Crippen MR) is 103 cm³/mol. The summed E-state index contributed by atoms with van der Waals surface area (Å²) in [6.45, 7) is 0. The highest BCUT2D eigenvalue weighted by molar-refractivity contribution is 6.02. The molecule has 0 bridgehead atoms. The molecular weight excluding hydrogens is 344 g/mol. The molecule has 27 heavy (non-hydrogen) atoms. The number of nitrogens with zero attached hydrogens (tertiary/aromatic N) is 3. The maximum atomic E-state index is 11.6. The van der Waals surface area contributed by atoms with E-state index in [0.717, 1.165) is 11.1 Å². The van der Waals surface area contributed by atoms with Crippen molar-refractivity contribution >= 4 is 17.8 Å². The molecule has 1 aromatic heterocycles. The number of nitrogens with two attached hydrogens (primary N) is 3. The third kappa shape index (κ3) is 6.05. The van der Waals surface area contributed by atoms with E-state index in [1.807, 2.05) is 42.5 Å². The minimum absolute atomic E-state index is 0.192. The number of amides is 2. The molecule has 0 aliphatic heterocycles. The maximum absolute atomic E-state index is 11.6. The molecule has 8 nitrogen and oxygen atoms in total. The lowest BCUT2D eigenvalue weighted by Crippen LogP contribution is -2.24. The number of hydrogen-bond acceptors (Lipinski definition) is 4. The van der Waals surface area contributed by atoms with Crippen molar-refractivity contribution in [3.63, 3.8) is 0 Å². The average molecular weight is 362 g/mol. The van der Waals surface area contributed by atoms with Gasteiger partial charge in [-0.15, -0.1) is 0 Å². The molecular formula is C19H18N6O2. The van der Waals surface area contributed by atoms with Gasteiger partial charge in [0.05, 0.1) is 6.20 Å². The van der Waals surface area contributed by atoms with Gasteiger partial charge in [0.25, 0.3) is 11.8 Å². The number of benzene rings is 2. The summed E-state index contributed by atoms with van der Waals surface area (Å²) in [7, 11) is 0. The van der Waals surface area contributed by atoms with Crippen LogP contribution in [0.25, 0.3) is 11.1 Å². The van der Waals surface area contributed by atoms with E-state index in [9.17, 15) is 9.59 Å². The zero-order chi connectivity index (χ0) is 19.6. The first-order chi connectivity index (χ1) is 13.0. The van der Waals surface area contributed by atoms with E-state index in [1.165, 1.54) is 18.6 Å². The highest BCUT2D eigenvalue weighted by Gasteiger charge is 2.04. The molecule has 3 rings (SSSR count). The highest BCUT2D eigenvalue weighted by atomic mass is 16.1. The van der Waals surface area contributed by atoms with Crippen LogP contribution in [0.5, 0.6) is 0 Å². The van der Waals surface area contributed by atoms with Gasteiger partial charge in [0, 0.05) is 18.0 Å². The molecule has 0 fully saturated rings. The van der Waals surface area contributed by atoms with Crippen LogP contribution in [0.15, 0.2) is 78.2 Å². The molecule has 0 unspecified atom stereocenters. The van der Waals surface area contributed by atoms with Gasteiger partial charge in [-0.05, 0) is 23.3 Å². The lowest BCUT2D eigenvalue weighted by atomic mass is 10.0. The lowest BCUT2D eigenvalue weighted by Gasteiger charge is -2.02. The number of carbonyl (C=O) groups excluding carboxylic acids is 2. The number of rotatable bonds is 3. The van der Waals surface area contributed by atoms with Crippen LogP contribution in [-0.2, 0) is 0 Å². The topological polar surface area (TPSA) is 150 Å². The Morgan fingerprint density at radius 2 is 1.44 bits per heavy atom. The first-order valence-corrected chi connectivity index (χ1v) is 7.82. The number of primary amides is 1. The van der Waals surface area contributed by atoms with E-state index >= 15 is 0 Å². The van der Waals surface area contributed by atoms with E-state index in [1.54, 1.807) is 12.1 Å². The number of guanidine groups is 1. The Balaban J connectivity index is 0.000000244. The van der Waals surface area contributed by atoms with Crippen molar-refractivity contribution in [2.75, 3.05) is 0 Å². The van der Waals surface area contributed by atoms with Crippen LogP contribution in [0, 0.1) is 0 Å². The summed E-state index contributed by atoms with van der Waals surface area (Å²) in [4.78, 5) is 32.6. The van der Waals surface area contributed by atoms with Gasteiger partial charge in [-0.2, -0.15) is 4.99 Å². The van der Waals surface area contributed by atoms with Crippen LogP contribution in [0.2, 0.25) is 0 Å². The van der Waals surface area contributed by atoms with Crippen molar-refractivity contribution in [3.05, 3.63) is 84.4 Å². The Bertz CT molecular complexity index is 921. The molecule has 0 spiro atoms. The summed E-state index contributed by atoms with van der Waals surface area (Å²) < 4.78 is 0. The maximum Gasteiger partial charge on any atom is 0.280 e. The Kier molecular flexibility index (Phi) is 6.72. The summed E-state index contributed by atoms with van der Waals surface area (Å²) in [6.07, 6.45) is 4.22. The van der Waals surface area contributed by atoms with E-state index in [4.69, 9.17) is 17.2 Å². The fourth-order valence-corrected chi connectivity index (χ4v) is 2.04. The van der Waals surface area contributed by atoms with E-state index in [0.29, 0.717) is 5.56 Å². The minimum Gasteiger partial charge on any atom is -0.370 e. The monoisotopic (exact) mass is 362 g/mol. The smallest absolute Gasteiger partial charge is 0.280 e. The molecule has 0 atom stereocenters. The molecule has 2 amide bonds. The second kappa shape index (κ2) is 9.42. The Morgan fingerprint density at radius 3 is 1.93 bits per heavy atom. The first kappa shape index (κ1) is 19.3. The molecule has 8 heteroatoms. The molecule has 2 aromatic carbocycles. The fourth-order valence-electron chi connectivity index (χ4n) is 2.04. The number of hydrogen-bond donors (Lipinski definition) is 3. The van der Waals surface area contributed by atoms with Crippen LogP contribution in [0.3, 0.4) is 0 Å². The Labute approximate surface area is 155 Å². The molecule has 136 valence electrons. The molecule has 6 N–H and O–H groups in total. The Morgan fingerprint density at radius 1 is 0.815 bits per heavy atom. The molecule has 1 heterocycles. The van der Waals surface area contributed by atoms with Crippen LogP contribution < -0.4 is 17.2 Å². The summed E-state index contributed by atoms with van der Waals surface area (Å²) in [5.41, 5.74) is 18.0. The normalized spacial score (nSPS) is 9.48. The van der Waals surface area contributed by atoms with E-state index in [-0.39, 0.29) is 11.7 Å². The van der Waals surface area contributed by atoms with Gasteiger partial charge in [-0.1, -0.05) is 42.5 Å². The van der Waals surface area contributed by atoms with E-state index in [2.05, 4.69) is 15.0 Å². The van der Waals surface area contributed by atoms with Gasteiger partial charge < -0.3 is 17.2 Å². The van der Waals surface area contributed by atoms with Crippen LogP contribution in [-0.4, -0.2) is 27.7 Å². The summed E-state index contributed by atoms with van der Waals surface area (Å²) in [5, 5.41) is 0. The van der Waals surface area contributed by atoms with Crippen molar-refractivity contribution in [2.45, 2.75) is 0 Å². The van der Waals surface area contributed by atoms with E-state index < -0.39 is 11.8 Å². The van der Waals surface area contributed by atoms with Crippen molar-refractivity contribution in [3.8, 4) is 11.1 Å². The van der Waals surface area contributed by atoms with Crippen LogP contribution >= 0.6 is 0 Å². The molecule has 3 aromatic rings. The molecule has 0 saturated heterocycles. The second-order valence-corrected chi connectivity index (χ2v) is 5.24. The average Bonchev–Trinajstić information content (AvgIpc) is 2.69. The van der Waals surface area contributed by atoms with Crippen LogP contribution in [0.4, 0.5) is 0 Å². The zero-order valence-electron chi connectivity index (χ0n) is 14.3. The second-order valence-electron chi connectivity index (χ2n) is 5.24. The molecule has 0 saturated carbocycles. The van der Waals surface area contributed by atoms with Crippen LogP contribution in [0.1, 0.15) is 20.8 Å². The van der Waals surface area contributed by atoms with Gasteiger partial charge in [0.15, 0.2) is 5.96 Å². The fraction of sp³-hybridized carbons (Fsp3) is 0. The van der Waals surface area contributed by atoms with Gasteiger partial charge in [0.1, 0.15) is 5.69 Å². The SMILES string of the molecule is NC(=O)c1cnccn1.NC(N)=NC(=O)c1ccc(-c2ccccc2)cc1. The standard InChI is InChI=1S/C14H13N3O.C5H5N3O/c15-14(16)17-13(18)12-8-6-11(7-9-12)10-4-2-1-3-5-10;6-5(9)4-3-7-1-2-8-4/h1-9H,(H4,15,16,17,18);1-3H,(H2,6,9).